The second kappa shape index (κ2) is 4.02. The summed E-state index contributed by atoms with van der Waals surface area (Å²) >= 11 is 0. The van der Waals surface area contributed by atoms with Gasteiger partial charge in [0.15, 0.2) is 6.23 Å². The van der Waals surface area contributed by atoms with E-state index in [2.05, 4.69) is 0 Å². The van der Waals surface area contributed by atoms with Crippen molar-refractivity contribution in [3.63, 3.8) is 0 Å². The van der Waals surface area contributed by atoms with E-state index in [1.54, 1.807) is 6.20 Å². The molecule has 18 heavy (non-hydrogen) atoms. The fraction of sp³-hybridized carbons (Fsp3) is 0.385. The predicted octanol–water partition coefficient (Wildman–Crippen LogP) is 2.01. The van der Waals surface area contributed by atoms with E-state index in [0.717, 1.165) is 18.4 Å². The first kappa shape index (κ1) is 11.6. The van der Waals surface area contributed by atoms with Crippen molar-refractivity contribution in [2.45, 2.75) is 19.1 Å². The lowest BCUT2D eigenvalue weighted by Gasteiger charge is -2.21. The van der Waals surface area contributed by atoms with Crippen LogP contribution >= 0.6 is 0 Å². The molecule has 0 saturated heterocycles. The van der Waals surface area contributed by atoms with Gasteiger partial charge in [-0.15, -0.1) is 0 Å². The smallest absolute Gasteiger partial charge is 0.234 e. The van der Waals surface area contributed by atoms with Crippen molar-refractivity contribution in [1.82, 2.24) is 4.31 Å². The second-order valence-electron chi connectivity index (χ2n) is 4.80. The van der Waals surface area contributed by atoms with Crippen LogP contribution in [-0.2, 0) is 14.8 Å². The monoisotopic (exact) mass is 265 g/mol. The molecular formula is C13H15NO3S. The summed E-state index contributed by atoms with van der Waals surface area (Å²) in [5.41, 5.74) is 0.911. The Bertz CT molecular complexity index is 576. The highest BCUT2D eigenvalue weighted by Crippen LogP contribution is 2.42. The Hall–Kier alpha value is -1.49. The maximum absolute atomic E-state index is 11.8. The van der Waals surface area contributed by atoms with Crippen LogP contribution in [0.4, 0.5) is 0 Å². The van der Waals surface area contributed by atoms with Crippen molar-refractivity contribution >= 4 is 15.8 Å². The summed E-state index contributed by atoms with van der Waals surface area (Å²) in [6.45, 7) is 0. The molecule has 2 aliphatic rings. The zero-order valence-corrected chi connectivity index (χ0v) is 10.9. The first-order valence-electron chi connectivity index (χ1n) is 5.98. The van der Waals surface area contributed by atoms with E-state index in [0.29, 0.717) is 11.7 Å². The number of sulfonamides is 1. The van der Waals surface area contributed by atoms with E-state index in [1.165, 1.54) is 10.6 Å². The Balaban J connectivity index is 1.94. The zero-order chi connectivity index (χ0) is 12.8. The van der Waals surface area contributed by atoms with Gasteiger partial charge in [0.1, 0.15) is 5.76 Å². The molecule has 1 heterocycles. The van der Waals surface area contributed by atoms with Gasteiger partial charge < -0.3 is 4.74 Å². The summed E-state index contributed by atoms with van der Waals surface area (Å²) in [4.78, 5) is 0. The van der Waals surface area contributed by atoms with E-state index in [9.17, 15) is 8.42 Å². The lowest BCUT2D eigenvalue weighted by atomic mass is 10.2. The Morgan fingerprint density at radius 1 is 1.22 bits per heavy atom. The fourth-order valence-corrected chi connectivity index (χ4v) is 3.00. The second-order valence-corrected chi connectivity index (χ2v) is 6.69. The summed E-state index contributed by atoms with van der Waals surface area (Å²) in [6.07, 6.45) is 4.54. The van der Waals surface area contributed by atoms with Crippen LogP contribution in [0, 0.1) is 5.92 Å². The lowest BCUT2D eigenvalue weighted by Crippen LogP contribution is -2.34. The van der Waals surface area contributed by atoms with Gasteiger partial charge in [0.05, 0.1) is 12.5 Å². The number of hydrogen-bond acceptors (Lipinski definition) is 3. The highest BCUT2D eigenvalue weighted by molar-refractivity contribution is 7.88. The molecule has 1 aliphatic carbocycles. The van der Waals surface area contributed by atoms with Gasteiger partial charge in [0, 0.05) is 11.5 Å². The molecule has 0 spiro atoms. The van der Waals surface area contributed by atoms with Gasteiger partial charge in [-0.1, -0.05) is 30.3 Å². The van der Waals surface area contributed by atoms with Gasteiger partial charge in [0.25, 0.3) is 0 Å². The molecule has 5 heteroatoms. The van der Waals surface area contributed by atoms with Crippen molar-refractivity contribution in [1.29, 1.82) is 0 Å². The summed E-state index contributed by atoms with van der Waals surface area (Å²) in [7, 11) is -3.27. The van der Waals surface area contributed by atoms with Gasteiger partial charge >= 0.3 is 0 Å². The molecular weight excluding hydrogens is 250 g/mol. The molecule has 0 aromatic heterocycles. The maximum Gasteiger partial charge on any atom is 0.234 e. The normalized spacial score (nSPS) is 23.7. The Morgan fingerprint density at radius 3 is 2.44 bits per heavy atom. The molecule has 0 radical (unpaired) electrons. The number of benzene rings is 1. The van der Waals surface area contributed by atoms with Gasteiger partial charge in [-0.2, -0.15) is 0 Å². The summed E-state index contributed by atoms with van der Waals surface area (Å²) in [6, 6.07) is 9.58. The van der Waals surface area contributed by atoms with Crippen LogP contribution in [-0.4, -0.2) is 25.2 Å². The largest absolute Gasteiger partial charge is 0.467 e. The third-order valence-corrected chi connectivity index (χ3v) is 4.29. The molecule has 96 valence electrons. The molecule has 1 atom stereocenters. The maximum atomic E-state index is 11.8. The first-order chi connectivity index (χ1) is 8.55. The van der Waals surface area contributed by atoms with Crippen molar-refractivity contribution in [2.24, 2.45) is 5.92 Å². The van der Waals surface area contributed by atoms with Crippen molar-refractivity contribution in [2.75, 3.05) is 6.26 Å². The molecule has 0 bridgehead atoms. The molecule has 1 saturated carbocycles. The third kappa shape index (κ3) is 2.10. The minimum absolute atomic E-state index is 0.331. The zero-order valence-electron chi connectivity index (χ0n) is 10.1. The molecule has 1 aromatic rings. The Kier molecular flexibility index (Phi) is 2.59. The number of nitrogens with zero attached hydrogens (tertiary/aromatic N) is 1. The van der Waals surface area contributed by atoms with Gasteiger partial charge in [-0.25, -0.2) is 12.7 Å². The number of ether oxygens (including phenoxy) is 1. The quantitative estimate of drug-likeness (QED) is 0.840. The highest BCUT2D eigenvalue weighted by atomic mass is 32.2. The van der Waals surface area contributed by atoms with Crippen LogP contribution in [0.3, 0.4) is 0 Å². The first-order valence-corrected chi connectivity index (χ1v) is 7.83. The average Bonchev–Trinajstić information content (AvgIpc) is 3.07. The highest BCUT2D eigenvalue weighted by Gasteiger charge is 2.43. The summed E-state index contributed by atoms with van der Waals surface area (Å²) in [5, 5.41) is 0. The Morgan fingerprint density at radius 2 is 1.89 bits per heavy atom. The molecule has 0 amide bonds. The van der Waals surface area contributed by atoms with E-state index < -0.39 is 10.0 Å². The predicted molar refractivity (Wildman–Crippen MR) is 68.7 cm³/mol. The summed E-state index contributed by atoms with van der Waals surface area (Å²) < 4.78 is 30.7. The van der Waals surface area contributed by atoms with Crippen LogP contribution in [0.25, 0.3) is 5.76 Å². The number of hydrogen-bond donors (Lipinski definition) is 0. The van der Waals surface area contributed by atoms with E-state index >= 15 is 0 Å². The third-order valence-electron chi connectivity index (χ3n) is 3.21. The average molecular weight is 265 g/mol. The van der Waals surface area contributed by atoms with E-state index in [4.69, 9.17) is 4.74 Å². The standard InChI is InChI=1S/C13H15NO3S/c1-18(15,16)14-9-12(10-5-3-2-4-6-10)17-13(14)11-7-8-11/h2-6,9,11,13H,7-8H2,1H3/t13-/m1/s1. The van der Waals surface area contributed by atoms with Crippen LogP contribution in [0.15, 0.2) is 36.5 Å². The summed E-state index contributed by atoms with van der Waals surface area (Å²) in [5.74, 6) is 0.968. The molecule has 0 unspecified atom stereocenters. The van der Waals surface area contributed by atoms with Gasteiger partial charge in [0.2, 0.25) is 10.0 Å². The van der Waals surface area contributed by atoms with Gasteiger partial charge in [-0.3, -0.25) is 0 Å². The Labute approximate surface area is 107 Å². The molecule has 1 aromatic carbocycles. The molecule has 1 aliphatic heterocycles. The van der Waals surface area contributed by atoms with E-state index in [-0.39, 0.29) is 6.23 Å². The molecule has 0 N–H and O–H groups in total. The minimum atomic E-state index is -3.27. The van der Waals surface area contributed by atoms with Crippen molar-refractivity contribution in [3.8, 4) is 0 Å². The van der Waals surface area contributed by atoms with Crippen LogP contribution in [0.5, 0.6) is 0 Å². The van der Waals surface area contributed by atoms with E-state index in [1.807, 2.05) is 30.3 Å². The minimum Gasteiger partial charge on any atom is -0.467 e. The lowest BCUT2D eigenvalue weighted by molar-refractivity contribution is 0.0957. The van der Waals surface area contributed by atoms with Crippen LogP contribution < -0.4 is 0 Å². The van der Waals surface area contributed by atoms with Crippen LogP contribution in [0.1, 0.15) is 18.4 Å². The molecule has 4 nitrogen and oxygen atoms in total. The molecule has 3 rings (SSSR count). The fourth-order valence-electron chi connectivity index (χ4n) is 2.12. The topological polar surface area (TPSA) is 46.6 Å². The molecule has 1 fully saturated rings. The van der Waals surface area contributed by atoms with Crippen molar-refractivity contribution in [3.05, 3.63) is 42.1 Å². The SMILES string of the molecule is CS(=O)(=O)N1C=C(c2ccccc2)O[C@@H]1C1CC1. The van der Waals surface area contributed by atoms with Crippen LogP contribution in [0.2, 0.25) is 0 Å². The van der Waals surface area contributed by atoms with Gasteiger partial charge in [-0.05, 0) is 12.8 Å². The number of rotatable bonds is 3. The van der Waals surface area contributed by atoms with Crippen molar-refractivity contribution < 1.29 is 13.2 Å².